The molecule has 1 rings (SSSR count). The third-order valence-electron chi connectivity index (χ3n) is 3.30. The maximum Gasteiger partial charge on any atom is 0.0216 e. The summed E-state index contributed by atoms with van der Waals surface area (Å²) in [6.45, 7) is 4.32. The Morgan fingerprint density at radius 2 is 1.75 bits per heavy atom. The Labute approximate surface area is 76.1 Å². The fraction of sp³-hybridized carbons (Fsp3) is 1.00. The first-order valence-corrected chi connectivity index (χ1v) is 5.10. The largest absolute Gasteiger partial charge is 0.327 e. The molecule has 1 saturated carbocycles. The Kier molecular flexibility index (Phi) is 3.53. The second-order valence-electron chi connectivity index (χ2n) is 4.20. The molecule has 0 spiro atoms. The molecule has 0 bridgehead atoms. The van der Waals surface area contributed by atoms with Crippen molar-refractivity contribution in [1.29, 1.82) is 0 Å². The van der Waals surface area contributed by atoms with Crippen LogP contribution in [-0.4, -0.2) is 30.1 Å². The molecule has 0 aromatic heterocycles. The van der Waals surface area contributed by atoms with Crippen molar-refractivity contribution in [2.45, 2.75) is 57.7 Å². The smallest absolute Gasteiger partial charge is 0.0216 e. The van der Waals surface area contributed by atoms with Crippen LogP contribution < -0.4 is 5.73 Å². The first kappa shape index (κ1) is 10.0. The molecule has 0 saturated heterocycles. The highest BCUT2D eigenvalue weighted by molar-refractivity contribution is 4.81. The minimum Gasteiger partial charge on any atom is -0.327 e. The Bertz CT molecular complexity index is 126. The predicted molar refractivity (Wildman–Crippen MR) is 53.1 cm³/mol. The van der Waals surface area contributed by atoms with Gasteiger partial charge >= 0.3 is 0 Å². The highest BCUT2D eigenvalue weighted by Crippen LogP contribution is 2.24. The zero-order valence-electron chi connectivity index (χ0n) is 8.59. The summed E-state index contributed by atoms with van der Waals surface area (Å²) in [5, 5.41) is 0. The fourth-order valence-corrected chi connectivity index (χ4v) is 2.01. The molecule has 1 aliphatic rings. The normalized spacial score (nSPS) is 24.8. The van der Waals surface area contributed by atoms with Crippen molar-refractivity contribution in [3.63, 3.8) is 0 Å². The summed E-state index contributed by atoms with van der Waals surface area (Å²) in [6.07, 6.45) is 5.54. The lowest BCUT2D eigenvalue weighted by Gasteiger charge is -2.32. The molecule has 72 valence electrons. The van der Waals surface area contributed by atoms with Crippen LogP contribution in [0, 0.1) is 0 Å². The van der Waals surface area contributed by atoms with Crippen LogP contribution in [0.3, 0.4) is 0 Å². The van der Waals surface area contributed by atoms with E-state index in [4.69, 9.17) is 5.73 Å². The first-order valence-electron chi connectivity index (χ1n) is 5.10. The van der Waals surface area contributed by atoms with Crippen LogP contribution in [0.1, 0.15) is 39.5 Å². The minimum atomic E-state index is 0.288. The average Bonchev–Trinajstić information content (AvgIpc) is 2.53. The van der Waals surface area contributed by atoms with Crippen LogP contribution in [0.4, 0.5) is 0 Å². The Hall–Kier alpha value is -0.0800. The fourth-order valence-electron chi connectivity index (χ4n) is 2.01. The summed E-state index contributed by atoms with van der Waals surface area (Å²) in [6, 6.07) is 1.61. The maximum atomic E-state index is 5.86. The minimum absolute atomic E-state index is 0.288. The number of hydrogen-bond donors (Lipinski definition) is 1. The Morgan fingerprint density at radius 3 is 2.17 bits per heavy atom. The third kappa shape index (κ3) is 2.20. The van der Waals surface area contributed by atoms with Gasteiger partial charge in [0.05, 0.1) is 0 Å². The van der Waals surface area contributed by atoms with Crippen LogP contribution in [0.25, 0.3) is 0 Å². The van der Waals surface area contributed by atoms with Crippen molar-refractivity contribution < 1.29 is 0 Å². The van der Waals surface area contributed by atoms with E-state index < -0.39 is 0 Å². The standard InChI is InChI=1S/C10H22N2/c1-8(11)9(2)12(3)10-6-4-5-7-10/h8-10H,4-7,11H2,1-3H3. The zero-order chi connectivity index (χ0) is 9.14. The molecule has 2 nitrogen and oxygen atoms in total. The first-order chi connectivity index (χ1) is 5.63. The van der Waals surface area contributed by atoms with E-state index in [-0.39, 0.29) is 6.04 Å². The van der Waals surface area contributed by atoms with Gasteiger partial charge in [0.2, 0.25) is 0 Å². The van der Waals surface area contributed by atoms with Gasteiger partial charge in [-0.2, -0.15) is 0 Å². The molecule has 2 atom stereocenters. The molecule has 0 heterocycles. The summed E-state index contributed by atoms with van der Waals surface area (Å²) < 4.78 is 0. The molecule has 0 radical (unpaired) electrons. The maximum absolute atomic E-state index is 5.86. The number of nitrogens with two attached hydrogens (primary N) is 1. The Morgan fingerprint density at radius 1 is 1.25 bits per heavy atom. The Balaban J connectivity index is 2.39. The van der Waals surface area contributed by atoms with Crippen molar-refractivity contribution >= 4 is 0 Å². The van der Waals surface area contributed by atoms with Gasteiger partial charge in [-0.25, -0.2) is 0 Å². The molecule has 0 aromatic rings. The van der Waals surface area contributed by atoms with Crippen LogP contribution in [0.15, 0.2) is 0 Å². The number of rotatable bonds is 3. The van der Waals surface area contributed by atoms with Crippen LogP contribution in [0.5, 0.6) is 0 Å². The second kappa shape index (κ2) is 4.24. The highest BCUT2D eigenvalue weighted by Gasteiger charge is 2.24. The summed E-state index contributed by atoms with van der Waals surface area (Å²) >= 11 is 0. The van der Waals surface area contributed by atoms with E-state index in [1.807, 2.05) is 0 Å². The monoisotopic (exact) mass is 170 g/mol. The lowest BCUT2D eigenvalue weighted by Crippen LogP contribution is -2.46. The van der Waals surface area contributed by atoms with Crippen molar-refractivity contribution in [3.05, 3.63) is 0 Å². The van der Waals surface area contributed by atoms with Crippen LogP contribution in [0.2, 0.25) is 0 Å². The molecule has 12 heavy (non-hydrogen) atoms. The van der Waals surface area contributed by atoms with Gasteiger partial charge in [0, 0.05) is 18.1 Å². The molecule has 1 aliphatic carbocycles. The molecule has 2 heteroatoms. The van der Waals surface area contributed by atoms with E-state index in [0.717, 1.165) is 6.04 Å². The molecule has 0 amide bonds. The van der Waals surface area contributed by atoms with Gasteiger partial charge in [0.25, 0.3) is 0 Å². The SMILES string of the molecule is CC(N)C(C)N(C)C1CCCC1. The summed E-state index contributed by atoms with van der Waals surface area (Å²) in [4.78, 5) is 2.46. The van der Waals surface area contributed by atoms with Crippen molar-refractivity contribution in [2.24, 2.45) is 5.73 Å². The van der Waals surface area contributed by atoms with Crippen molar-refractivity contribution in [2.75, 3.05) is 7.05 Å². The van der Waals surface area contributed by atoms with E-state index in [1.54, 1.807) is 0 Å². The van der Waals surface area contributed by atoms with Gasteiger partial charge in [-0.15, -0.1) is 0 Å². The number of hydrogen-bond acceptors (Lipinski definition) is 2. The molecule has 0 aliphatic heterocycles. The summed E-state index contributed by atoms with van der Waals surface area (Å²) in [5.41, 5.74) is 5.86. The van der Waals surface area contributed by atoms with Crippen molar-refractivity contribution in [3.8, 4) is 0 Å². The van der Waals surface area contributed by atoms with Gasteiger partial charge < -0.3 is 5.73 Å². The molecule has 2 unspecified atom stereocenters. The molecule has 1 fully saturated rings. The van der Waals surface area contributed by atoms with Gasteiger partial charge in [-0.1, -0.05) is 12.8 Å². The zero-order valence-corrected chi connectivity index (χ0v) is 8.59. The molecular formula is C10H22N2. The lowest BCUT2D eigenvalue weighted by molar-refractivity contribution is 0.168. The van der Waals surface area contributed by atoms with E-state index in [2.05, 4.69) is 25.8 Å². The summed E-state index contributed by atoms with van der Waals surface area (Å²) in [5.74, 6) is 0. The van der Waals surface area contributed by atoms with Gasteiger partial charge in [0.1, 0.15) is 0 Å². The highest BCUT2D eigenvalue weighted by atomic mass is 15.2. The van der Waals surface area contributed by atoms with E-state index in [9.17, 15) is 0 Å². The predicted octanol–water partition coefficient (Wildman–Crippen LogP) is 1.60. The molecule has 2 N–H and O–H groups in total. The number of nitrogens with zero attached hydrogens (tertiary/aromatic N) is 1. The third-order valence-corrected chi connectivity index (χ3v) is 3.30. The second-order valence-corrected chi connectivity index (χ2v) is 4.20. The quantitative estimate of drug-likeness (QED) is 0.697. The lowest BCUT2D eigenvalue weighted by atomic mass is 10.1. The van der Waals surface area contributed by atoms with E-state index >= 15 is 0 Å². The number of likely N-dealkylation sites (N-methyl/N-ethyl adjacent to an activating group) is 1. The van der Waals surface area contributed by atoms with Gasteiger partial charge in [0.15, 0.2) is 0 Å². The van der Waals surface area contributed by atoms with Crippen LogP contribution >= 0.6 is 0 Å². The average molecular weight is 170 g/mol. The van der Waals surface area contributed by atoms with Gasteiger partial charge in [-0.05, 0) is 33.7 Å². The van der Waals surface area contributed by atoms with Gasteiger partial charge in [-0.3, -0.25) is 4.90 Å². The van der Waals surface area contributed by atoms with E-state index in [0.29, 0.717) is 6.04 Å². The van der Waals surface area contributed by atoms with E-state index in [1.165, 1.54) is 25.7 Å². The van der Waals surface area contributed by atoms with Crippen LogP contribution in [-0.2, 0) is 0 Å². The molecular weight excluding hydrogens is 148 g/mol. The van der Waals surface area contributed by atoms with Crippen molar-refractivity contribution in [1.82, 2.24) is 4.90 Å². The topological polar surface area (TPSA) is 29.3 Å². The molecule has 0 aromatic carbocycles. The summed E-state index contributed by atoms with van der Waals surface area (Å²) in [7, 11) is 2.21.